The molecule has 7 heteroatoms. The molecule has 7 nitrogen and oxygen atoms in total. The van der Waals surface area contributed by atoms with E-state index in [1.807, 2.05) is 25.1 Å². The highest BCUT2D eigenvalue weighted by molar-refractivity contribution is 5.99. The maximum absolute atomic E-state index is 13.5. The topological polar surface area (TPSA) is 89.2 Å². The standard InChI is InChI=1S/C27H31NO6/c1-4-32-22-16-18(10-11-21(22)33-15-12-17(2)3)24-23-25(30)19-8-5-6-9-20(19)34-26(23)27(31)28(24)13-7-14-29/h5-6,8-11,16-17,24,29H,4,7,12-15H2,1-3H3. The van der Waals surface area contributed by atoms with Gasteiger partial charge >= 0.3 is 0 Å². The van der Waals surface area contributed by atoms with Crippen molar-refractivity contribution in [1.29, 1.82) is 0 Å². The Balaban J connectivity index is 1.81. The normalized spacial score (nSPS) is 15.3. The van der Waals surface area contributed by atoms with Crippen molar-refractivity contribution in [3.8, 4) is 11.5 Å². The summed E-state index contributed by atoms with van der Waals surface area (Å²) in [5.74, 6) is 1.42. The second kappa shape index (κ2) is 10.3. The van der Waals surface area contributed by atoms with Crippen LogP contribution < -0.4 is 14.9 Å². The number of carbonyl (C=O) groups excluding carboxylic acids is 1. The highest BCUT2D eigenvalue weighted by Crippen LogP contribution is 2.41. The highest BCUT2D eigenvalue weighted by atomic mass is 16.5. The van der Waals surface area contributed by atoms with Crippen LogP contribution in [0.15, 0.2) is 51.7 Å². The predicted molar refractivity (Wildman–Crippen MR) is 130 cm³/mol. The van der Waals surface area contributed by atoms with Crippen LogP contribution in [0.5, 0.6) is 11.5 Å². The van der Waals surface area contributed by atoms with Gasteiger partial charge in [-0.05, 0) is 55.5 Å². The molecule has 1 N–H and O–H groups in total. The number of amides is 1. The van der Waals surface area contributed by atoms with E-state index in [2.05, 4.69) is 13.8 Å². The quantitative estimate of drug-likeness (QED) is 0.473. The molecule has 2 heterocycles. The van der Waals surface area contributed by atoms with E-state index in [1.54, 1.807) is 29.2 Å². The Labute approximate surface area is 198 Å². The van der Waals surface area contributed by atoms with Crippen molar-refractivity contribution in [1.82, 2.24) is 4.90 Å². The molecule has 0 saturated heterocycles. The Kier molecular flexibility index (Phi) is 7.22. The minimum Gasteiger partial charge on any atom is -0.490 e. The van der Waals surface area contributed by atoms with E-state index in [-0.39, 0.29) is 30.2 Å². The third-order valence-electron chi connectivity index (χ3n) is 5.97. The second-order valence-electron chi connectivity index (χ2n) is 8.82. The van der Waals surface area contributed by atoms with Gasteiger partial charge in [0.15, 0.2) is 16.9 Å². The molecule has 1 aliphatic rings. The molecular formula is C27H31NO6. The lowest BCUT2D eigenvalue weighted by Gasteiger charge is -2.25. The third-order valence-corrected chi connectivity index (χ3v) is 5.97. The van der Waals surface area contributed by atoms with Crippen LogP contribution in [0.3, 0.4) is 0 Å². The summed E-state index contributed by atoms with van der Waals surface area (Å²) in [4.78, 5) is 28.4. The van der Waals surface area contributed by atoms with E-state index in [1.165, 1.54) is 0 Å². The zero-order valence-electron chi connectivity index (χ0n) is 19.9. The Morgan fingerprint density at radius 1 is 1.09 bits per heavy atom. The number of nitrogens with zero attached hydrogens (tertiary/aromatic N) is 1. The lowest BCUT2D eigenvalue weighted by atomic mass is 9.98. The minimum absolute atomic E-state index is 0.0573. The summed E-state index contributed by atoms with van der Waals surface area (Å²) in [7, 11) is 0. The smallest absolute Gasteiger partial charge is 0.290 e. The molecule has 1 aromatic heterocycles. The number of rotatable bonds is 10. The second-order valence-corrected chi connectivity index (χ2v) is 8.82. The number of benzene rings is 2. The molecule has 1 unspecified atom stereocenters. The summed E-state index contributed by atoms with van der Waals surface area (Å²) < 4.78 is 17.7. The Bertz CT molecular complexity index is 1230. The molecule has 0 fully saturated rings. The van der Waals surface area contributed by atoms with E-state index >= 15 is 0 Å². The maximum atomic E-state index is 13.5. The van der Waals surface area contributed by atoms with Gasteiger partial charge in [-0.3, -0.25) is 9.59 Å². The predicted octanol–water partition coefficient (Wildman–Crippen LogP) is 4.54. The molecule has 4 rings (SSSR count). The number of aliphatic hydroxyl groups excluding tert-OH is 1. The van der Waals surface area contributed by atoms with E-state index in [4.69, 9.17) is 13.9 Å². The molecule has 0 spiro atoms. The number of carbonyl (C=O) groups is 1. The van der Waals surface area contributed by atoms with E-state index in [0.29, 0.717) is 53.6 Å². The van der Waals surface area contributed by atoms with Crippen molar-refractivity contribution in [2.45, 2.75) is 39.7 Å². The fourth-order valence-corrected chi connectivity index (χ4v) is 4.27. The van der Waals surface area contributed by atoms with Gasteiger partial charge in [0, 0.05) is 13.2 Å². The van der Waals surface area contributed by atoms with Crippen LogP contribution in [-0.2, 0) is 0 Å². The molecule has 0 bridgehead atoms. The zero-order chi connectivity index (χ0) is 24.2. The molecule has 2 aromatic carbocycles. The lowest BCUT2D eigenvalue weighted by molar-refractivity contribution is 0.0716. The minimum atomic E-state index is -0.640. The molecule has 1 aliphatic heterocycles. The fourth-order valence-electron chi connectivity index (χ4n) is 4.27. The molecule has 0 aliphatic carbocycles. The molecule has 1 atom stereocenters. The number of aliphatic hydroxyl groups is 1. The first-order valence-electron chi connectivity index (χ1n) is 11.8. The van der Waals surface area contributed by atoms with Crippen LogP contribution in [0.25, 0.3) is 11.0 Å². The van der Waals surface area contributed by atoms with Crippen molar-refractivity contribution in [2.24, 2.45) is 5.92 Å². The van der Waals surface area contributed by atoms with E-state index < -0.39 is 6.04 Å². The van der Waals surface area contributed by atoms with Gasteiger partial charge in [-0.1, -0.05) is 32.0 Å². The van der Waals surface area contributed by atoms with Gasteiger partial charge < -0.3 is 23.9 Å². The van der Waals surface area contributed by atoms with E-state index in [0.717, 1.165) is 12.0 Å². The number of ether oxygens (including phenoxy) is 2. The van der Waals surface area contributed by atoms with Crippen molar-refractivity contribution in [3.63, 3.8) is 0 Å². The molecular weight excluding hydrogens is 434 g/mol. The summed E-state index contributed by atoms with van der Waals surface area (Å²) >= 11 is 0. The summed E-state index contributed by atoms with van der Waals surface area (Å²) in [5.41, 5.74) is 1.20. The van der Waals surface area contributed by atoms with Crippen LogP contribution in [0.1, 0.15) is 61.3 Å². The summed E-state index contributed by atoms with van der Waals surface area (Å²) in [6.45, 7) is 7.42. The molecule has 0 saturated carbocycles. The Hall–Kier alpha value is -3.32. The van der Waals surface area contributed by atoms with Crippen LogP contribution >= 0.6 is 0 Å². The SMILES string of the molecule is CCOc1cc(C2c3c(oc4ccccc4c3=O)C(=O)N2CCCO)ccc1OCCC(C)C. The molecule has 34 heavy (non-hydrogen) atoms. The molecule has 3 aromatic rings. The Morgan fingerprint density at radius 3 is 2.62 bits per heavy atom. The molecule has 180 valence electrons. The van der Waals surface area contributed by atoms with Crippen LogP contribution in [-0.4, -0.2) is 42.3 Å². The van der Waals surface area contributed by atoms with Crippen LogP contribution in [0.4, 0.5) is 0 Å². The largest absolute Gasteiger partial charge is 0.490 e. The fraction of sp³-hybridized carbons (Fsp3) is 0.407. The lowest BCUT2D eigenvalue weighted by Crippen LogP contribution is -2.31. The van der Waals surface area contributed by atoms with Gasteiger partial charge in [0.25, 0.3) is 5.91 Å². The average molecular weight is 466 g/mol. The van der Waals surface area contributed by atoms with Gasteiger partial charge in [0.1, 0.15) is 5.58 Å². The van der Waals surface area contributed by atoms with Gasteiger partial charge in [-0.25, -0.2) is 0 Å². The number of fused-ring (bicyclic) bond motifs is 2. The van der Waals surface area contributed by atoms with Crippen molar-refractivity contribution >= 4 is 16.9 Å². The number of hydrogen-bond acceptors (Lipinski definition) is 6. The zero-order valence-corrected chi connectivity index (χ0v) is 19.9. The first-order valence-corrected chi connectivity index (χ1v) is 11.8. The number of hydrogen-bond donors (Lipinski definition) is 1. The Morgan fingerprint density at radius 2 is 1.88 bits per heavy atom. The third kappa shape index (κ3) is 4.53. The monoisotopic (exact) mass is 465 g/mol. The van der Waals surface area contributed by atoms with Crippen molar-refractivity contribution in [3.05, 3.63) is 69.6 Å². The molecule has 0 radical (unpaired) electrons. The summed E-state index contributed by atoms with van der Waals surface area (Å²) in [6.07, 6.45) is 1.31. The average Bonchev–Trinajstić information content (AvgIpc) is 3.10. The van der Waals surface area contributed by atoms with Crippen molar-refractivity contribution < 1.29 is 23.8 Å². The maximum Gasteiger partial charge on any atom is 0.290 e. The number of para-hydroxylation sites is 1. The van der Waals surface area contributed by atoms with Crippen LogP contribution in [0, 0.1) is 5.92 Å². The van der Waals surface area contributed by atoms with Gasteiger partial charge in [0.2, 0.25) is 5.76 Å². The van der Waals surface area contributed by atoms with Gasteiger partial charge in [-0.15, -0.1) is 0 Å². The first kappa shape index (κ1) is 23.8. The van der Waals surface area contributed by atoms with Crippen LogP contribution in [0.2, 0.25) is 0 Å². The van der Waals surface area contributed by atoms with Gasteiger partial charge in [-0.2, -0.15) is 0 Å². The molecule has 1 amide bonds. The first-order chi connectivity index (χ1) is 16.5. The highest BCUT2D eigenvalue weighted by Gasteiger charge is 2.42. The summed E-state index contributed by atoms with van der Waals surface area (Å²) in [5, 5.41) is 9.84. The summed E-state index contributed by atoms with van der Waals surface area (Å²) in [6, 6.07) is 11.8. The van der Waals surface area contributed by atoms with Gasteiger partial charge in [0.05, 0.1) is 30.2 Å². The van der Waals surface area contributed by atoms with Crippen molar-refractivity contribution in [2.75, 3.05) is 26.4 Å². The van der Waals surface area contributed by atoms with E-state index in [9.17, 15) is 14.7 Å².